The second-order valence-electron chi connectivity index (χ2n) is 3.73. The Hall–Kier alpha value is -1.66. The van der Waals surface area contributed by atoms with Crippen molar-refractivity contribution < 1.29 is 13.9 Å². The van der Waals surface area contributed by atoms with E-state index in [0.717, 1.165) is 12.6 Å². The topological polar surface area (TPSA) is 76.4 Å². The lowest BCUT2D eigenvalue weighted by Crippen LogP contribution is -2.25. The van der Waals surface area contributed by atoms with Gasteiger partial charge in [0.05, 0.1) is 12.3 Å². The largest absolute Gasteiger partial charge is 0.383 e. The molecule has 4 N–H and O–H groups in total. The first kappa shape index (κ1) is 14.4. The molecule has 0 aliphatic carbocycles. The van der Waals surface area contributed by atoms with Gasteiger partial charge >= 0.3 is 0 Å². The summed E-state index contributed by atoms with van der Waals surface area (Å²) in [5, 5.41) is 6.05. The lowest BCUT2D eigenvalue weighted by Gasteiger charge is -2.09. The molecule has 0 aliphatic heterocycles. The second-order valence-corrected chi connectivity index (χ2v) is 3.73. The van der Waals surface area contributed by atoms with Crippen LogP contribution in [0.25, 0.3) is 0 Å². The first-order chi connectivity index (χ1) is 8.65. The predicted molar refractivity (Wildman–Crippen MR) is 68.2 cm³/mol. The highest BCUT2D eigenvalue weighted by Gasteiger charge is 2.06. The van der Waals surface area contributed by atoms with Crippen molar-refractivity contribution in [3.8, 4) is 0 Å². The normalized spacial score (nSPS) is 10.3. The summed E-state index contributed by atoms with van der Waals surface area (Å²) in [6, 6.07) is 4.12. The maximum Gasteiger partial charge on any atom is 0.248 e. The molecule has 100 valence electrons. The second kappa shape index (κ2) is 7.62. The molecule has 5 nitrogen and oxygen atoms in total. The molecule has 1 amide bonds. The van der Waals surface area contributed by atoms with Crippen LogP contribution in [-0.4, -0.2) is 39.3 Å². The Morgan fingerprint density at radius 3 is 2.78 bits per heavy atom. The average molecular weight is 255 g/mol. The molecular weight excluding hydrogens is 237 g/mol. The van der Waals surface area contributed by atoms with E-state index in [1.54, 1.807) is 7.11 Å². The average Bonchev–Trinajstić information content (AvgIpc) is 2.35. The number of anilines is 1. The van der Waals surface area contributed by atoms with Gasteiger partial charge < -0.3 is 21.1 Å². The fourth-order valence-electron chi connectivity index (χ4n) is 1.40. The molecule has 0 bridgehead atoms. The van der Waals surface area contributed by atoms with Gasteiger partial charge in [-0.15, -0.1) is 0 Å². The van der Waals surface area contributed by atoms with E-state index in [9.17, 15) is 9.18 Å². The summed E-state index contributed by atoms with van der Waals surface area (Å²) in [7, 11) is 1.63. The molecule has 0 radical (unpaired) electrons. The third-order valence-electron chi connectivity index (χ3n) is 2.35. The summed E-state index contributed by atoms with van der Waals surface area (Å²) < 4.78 is 18.4. The zero-order valence-electron chi connectivity index (χ0n) is 10.3. The van der Waals surface area contributed by atoms with Crippen LogP contribution in [0.1, 0.15) is 10.4 Å². The van der Waals surface area contributed by atoms with E-state index in [2.05, 4.69) is 10.6 Å². The van der Waals surface area contributed by atoms with Crippen LogP contribution < -0.4 is 16.4 Å². The molecule has 0 atom stereocenters. The smallest absolute Gasteiger partial charge is 0.248 e. The number of primary amides is 1. The van der Waals surface area contributed by atoms with E-state index < -0.39 is 11.7 Å². The quantitative estimate of drug-likeness (QED) is 0.594. The number of hydrogen-bond donors (Lipinski definition) is 3. The highest BCUT2D eigenvalue weighted by molar-refractivity contribution is 5.93. The maximum absolute atomic E-state index is 13.5. The minimum absolute atomic E-state index is 0.163. The third kappa shape index (κ3) is 4.68. The highest BCUT2D eigenvalue weighted by atomic mass is 19.1. The Morgan fingerprint density at radius 1 is 1.39 bits per heavy atom. The number of nitrogens with one attached hydrogen (secondary N) is 2. The van der Waals surface area contributed by atoms with Gasteiger partial charge in [0, 0.05) is 32.3 Å². The molecule has 0 saturated heterocycles. The summed E-state index contributed by atoms with van der Waals surface area (Å²) in [4.78, 5) is 10.8. The number of nitrogens with two attached hydrogens (primary N) is 1. The monoisotopic (exact) mass is 255 g/mol. The third-order valence-corrected chi connectivity index (χ3v) is 2.35. The fourth-order valence-corrected chi connectivity index (χ4v) is 1.40. The van der Waals surface area contributed by atoms with Crippen molar-refractivity contribution in [1.82, 2.24) is 5.32 Å². The number of methoxy groups -OCH3 is 1. The lowest BCUT2D eigenvalue weighted by atomic mass is 10.2. The van der Waals surface area contributed by atoms with Gasteiger partial charge in [-0.1, -0.05) is 0 Å². The maximum atomic E-state index is 13.5. The zero-order chi connectivity index (χ0) is 13.4. The summed E-state index contributed by atoms with van der Waals surface area (Å²) >= 11 is 0. The lowest BCUT2D eigenvalue weighted by molar-refractivity contribution is 0.1000. The van der Waals surface area contributed by atoms with E-state index in [4.69, 9.17) is 10.5 Å². The van der Waals surface area contributed by atoms with Gasteiger partial charge in [-0.05, 0) is 18.2 Å². The number of benzene rings is 1. The van der Waals surface area contributed by atoms with Crippen LogP contribution in [0.2, 0.25) is 0 Å². The first-order valence-electron chi connectivity index (χ1n) is 5.68. The van der Waals surface area contributed by atoms with E-state index in [-0.39, 0.29) is 5.56 Å². The van der Waals surface area contributed by atoms with Crippen molar-refractivity contribution in [3.63, 3.8) is 0 Å². The molecule has 1 aromatic rings. The number of hydrogen-bond acceptors (Lipinski definition) is 4. The van der Waals surface area contributed by atoms with Crippen LogP contribution >= 0.6 is 0 Å². The molecule has 0 heterocycles. The van der Waals surface area contributed by atoms with Crippen molar-refractivity contribution in [1.29, 1.82) is 0 Å². The molecule has 1 rings (SSSR count). The van der Waals surface area contributed by atoms with Crippen LogP contribution in [0.3, 0.4) is 0 Å². The molecule has 0 aliphatic rings. The number of amides is 1. The highest BCUT2D eigenvalue weighted by Crippen LogP contribution is 2.14. The number of rotatable bonds is 8. The van der Waals surface area contributed by atoms with Crippen molar-refractivity contribution in [3.05, 3.63) is 29.6 Å². The van der Waals surface area contributed by atoms with E-state index in [1.165, 1.54) is 12.1 Å². The Labute approximate surface area is 106 Å². The SMILES string of the molecule is COCCNCCNc1ccc(C(N)=O)cc1F. The summed E-state index contributed by atoms with van der Waals surface area (Å²) in [5.74, 6) is -1.12. The molecule has 0 fully saturated rings. The number of carbonyl (C=O) groups is 1. The zero-order valence-corrected chi connectivity index (χ0v) is 10.3. The summed E-state index contributed by atoms with van der Waals surface area (Å²) in [5.41, 5.74) is 5.57. The van der Waals surface area contributed by atoms with Crippen molar-refractivity contribution in [2.24, 2.45) is 5.73 Å². The summed E-state index contributed by atoms with van der Waals surface area (Å²) in [6.45, 7) is 2.67. The molecule has 18 heavy (non-hydrogen) atoms. The van der Waals surface area contributed by atoms with E-state index in [1.807, 2.05) is 0 Å². The van der Waals surface area contributed by atoms with Crippen LogP contribution in [0.4, 0.5) is 10.1 Å². The molecule has 0 saturated carbocycles. The van der Waals surface area contributed by atoms with Crippen molar-refractivity contribution in [2.45, 2.75) is 0 Å². The van der Waals surface area contributed by atoms with Gasteiger partial charge in [-0.25, -0.2) is 4.39 Å². The molecular formula is C12H18FN3O2. The Bertz CT molecular complexity index is 399. The Balaban J connectivity index is 2.36. The van der Waals surface area contributed by atoms with Crippen LogP contribution in [0.5, 0.6) is 0 Å². The number of carbonyl (C=O) groups excluding carboxylic acids is 1. The predicted octanol–water partition coefficient (Wildman–Crippen LogP) is 0.573. The Kier molecular flexibility index (Phi) is 6.10. The number of halogens is 1. The summed E-state index contributed by atoms with van der Waals surface area (Å²) in [6.07, 6.45) is 0. The van der Waals surface area contributed by atoms with Gasteiger partial charge in [0.25, 0.3) is 0 Å². The minimum atomic E-state index is -0.637. The van der Waals surface area contributed by atoms with Crippen molar-refractivity contribution in [2.75, 3.05) is 38.7 Å². The van der Waals surface area contributed by atoms with Crippen LogP contribution in [0.15, 0.2) is 18.2 Å². The van der Waals surface area contributed by atoms with Crippen LogP contribution in [0, 0.1) is 5.82 Å². The fraction of sp³-hybridized carbons (Fsp3) is 0.417. The molecule has 6 heteroatoms. The molecule has 1 aromatic carbocycles. The van der Waals surface area contributed by atoms with Gasteiger partial charge in [0.2, 0.25) is 5.91 Å². The molecule has 0 spiro atoms. The van der Waals surface area contributed by atoms with Crippen LogP contribution in [-0.2, 0) is 4.74 Å². The minimum Gasteiger partial charge on any atom is -0.383 e. The van der Waals surface area contributed by atoms with Gasteiger partial charge in [0.1, 0.15) is 5.82 Å². The molecule has 0 aromatic heterocycles. The Morgan fingerprint density at radius 2 is 2.17 bits per heavy atom. The van der Waals surface area contributed by atoms with E-state index >= 15 is 0 Å². The number of ether oxygens (including phenoxy) is 1. The van der Waals surface area contributed by atoms with E-state index in [0.29, 0.717) is 25.4 Å². The van der Waals surface area contributed by atoms with Crippen molar-refractivity contribution >= 4 is 11.6 Å². The standard InChI is InChI=1S/C12H18FN3O2/c1-18-7-6-15-4-5-16-11-3-2-9(12(14)17)8-10(11)13/h2-3,8,15-16H,4-7H2,1H3,(H2,14,17). The first-order valence-corrected chi connectivity index (χ1v) is 5.68. The molecule has 0 unspecified atom stereocenters. The van der Waals surface area contributed by atoms with Gasteiger partial charge in [0.15, 0.2) is 0 Å². The van der Waals surface area contributed by atoms with Gasteiger partial charge in [-0.2, -0.15) is 0 Å². The van der Waals surface area contributed by atoms with Gasteiger partial charge in [-0.3, -0.25) is 4.79 Å².